The molecule has 0 aliphatic carbocycles. The molecule has 0 saturated carbocycles. The summed E-state index contributed by atoms with van der Waals surface area (Å²) in [6.45, 7) is 10.1. The van der Waals surface area contributed by atoms with E-state index in [1.165, 1.54) is 0 Å². The Bertz CT molecular complexity index is 489. The fraction of sp³-hybridized carbons (Fsp3) is 0.500. The minimum Gasteiger partial charge on any atom is -0.351 e. The Morgan fingerprint density at radius 1 is 1.25 bits per heavy atom. The topological polar surface area (TPSA) is 49.4 Å². The van der Waals surface area contributed by atoms with Crippen molar-refractivity contribution in [2.45, 2.75) is 46.6 Å². The monoisotopic (exact) mass is 276 g/mol. The van der Waals surface area contributed by atoms with E-state index in [0.29, 0.717) is 6.54 Å². The van der Waals surface area contributed by atoms with Crippen LogP contribution in [0.5, 0.6) is 0 Å². The fourth-order valence-electron chi connectivity index (χ4n) is 1.99. The molecule has 0 aliphatic rings. The number of carbonyl (C=O) groups excluding carboxylic acids is 2. The molecule has 110 valence electrons. The molecule has 0 radical (unpaired) electrons. The Morgan fingerprint density at radius 3 is 2.40 bits per heavy atom. The Morgan fingerprint density at radius 2 is 1.90 bits per heavy atom. The second kappa shape index (κ2) is 6.55. The number of hydrogen-bond acceptors (Lipinski definition) is 2. The molecular weight excluding hydrogens is 252 g/mol. The van der Waals surface area contributed by atoms with Crippen LogP contribution in [-0.2, 0) is 9.59 Å². The molecule has 4 nitrogen and oxygen atoms in total. The molecule has 0 spiro atoms. The highest BCUT2D eigenvalue weighted by Crippen LogP contribution is 2.16. The maximum Gasteiger partial charge on any atom is 0.236 e. The SMILES string of the molecule is CCN(C(=O)CC(=O)NC(C)(C)C)c1cccc(C)c1. The lowest BCUT2D eigenvalue weighted by Crippen LogP contribution is -2.43. The molecule has 2 amide bonds. The number of nitrogens with zero attached hydrogens (tertiary/aromatic N) is 1. The zero-order valence-corrected chi connectivity index (χ0v) is 13.0. The first-order valence-electron chi connectivity index (χ1n) is 6.91. The van der Waals surface area contributed by atoms with Gasteiger partial charge < -0.3 is 10.2 Å². The summed E-state index contributed by atoms with van der Waals surface area (Å²) in [7, 11) is 0. The van der Waals surface area contributed by atoms with Gasteiger partial charge in [0.2, 0.25) is 11.8 Å². The largest absolute Gasteiger partial charge is 0.351 e. The van der Waals surface area contributed by atoms with Gasteiger partial charge in [0.05, 0.1) is 0 Å². The van der Waals surface area contributed by atoms with Crippen LogP contribution in [0.3, 0.4) is 0 Å². The van der Waals surface area contributed by atoms with Crippen molar-refractivity contribution in [3.8, 4) is 0 Å². The number of amides is 2. The number of nitrogens with one attached hydrogen (secondary N) is 1. The Kier molecular flexibility index (Phi) is 5.31. The Balaban J connectivity index is 2.76. The summed E-state index contributed by atoms with van der Waals surface area (Å²) in [5.74, 6) is -0.423. The molecule has 20 heavy (non-hydrogen) atoms. The van der Waals surface area contributed by atoms with Crippen LogP contribution in [0.25, 0.3) is 0 Å². The van der Waals surface area contributed by atoms with Crippen molar-refractivity contribution < 1.29 is 9.59 Å². The van der Waals surface area contributed by atoms with Gasteiger partial charge >= 0.3 is 0 Å². The van der Waals surface area contributed by atoms with Gasteiger partial charge in [-0.2, -0.15) is 0 Å². The first-order chi connectivity index (χ1) is 9.23. The molecule has 1 rings (SSSR count). The minimum atomic E-state index is -0.322. The lowest BCUT2D eigenvalue weighted by atomic mass is 10.1. The van der Waals surface area contributed by atoms with Crippen molar-refractivity contribution in [3.05, 3.63) is 29.8 Å². The van der Waals surface area contributed by atoms with Gasteiger partial charge in [-0.3, -0.25) is 9.59 Å². The molecule has 0 bridgehead atoms. The van der Waals surface area contributed by atoms with Gasteiger partial charge in [0, 0.05) is 17.8 Å². The number of carbonyl (C=O) groups is 2. The van der Waals surface area contributed by atoms with Gasteiger partial charge in [-0.15, -0.1) is 0 Å². The molecule has 1 aromatic rings. The van der Waals surface area contributed by atoms with Crippen molar-refractivity contribution in [1.82, 2.24) is 5.32 Å². The van der Waals surface area contributed by atoms with Crippen LogP contribution in [0.4, 0.5) is 5.69 Å². The standard InChI is InChI=1S/C16H24N2O2/c1-6-18(13-9-7-8-12(2)10-13)15(20)11-14(19)17-16(3,4)5/h7-10H,6,11H2,1-5H3,(H,17,19). The smallest absolute Gasteiger partial charge is 0.236 e. The molecule has 1 aromatic carbocycles. The molecule has 1 N–H and O–H groups in total. The summed E-state index contributed by atoms with van der Waals surface area (Å²) in [6, 6.07) is 7.73. The number of anilines is 1. The average Bonchev–Trinajstić information content (AvgIpc) is 2.26. The van der Waals surface area contributed by atoms with Crippen LogP contribution >= 0.6 is 0 Å². The lowest BCUT2D eigenvalue weighted by molar-refractivity contribution is -0.128. The van der Waals surface area contributed by atoms with E-state index in [1.54, 1.807) is 4.90 Å². The highest BCUT2D eigenvalue weighted by atomic mass is 16.2. The van der Waals surface area contributed by atoms with Crippen LogP contribution < -0.4 is 10.2 Å². The predicted octanol–water partition coefficient (Wildman–Crippen LogP) is 2.65. The number of hydrogen-bond donors (Lipinski definition) is 1. The number of benzene rings is 1. The summed E-state index contributed by atoms with van der Waals surface area (Å²) >= 11 is 0. The molecule has 0 atom stereocenters. The highest BCUT2D eigenvalue weighted by molar-refractivity contribution is 6.05. The average molecular weight is 276 g/mol. The summed E-state index contributed by atoms with van der Waals surface area (Å²) in [5.41, 5.74) is 1.60. The fourth-order valence-corrected chi connectivity index (χ4v) is 1.99. The van der Waals surface area contributed by atoms with Gasteiger partial charge in [0.1, 0.15) is 6.42 Å². The van der Waals surface area contributed by atoms with E-state index in [0.717, 1.165) is 11.3 Å². The molecule has 0 saturated heterocycles. The van der Waals surface area contributed by atoms with Gasteiger partial charge in [-0.05, 0) is 52.3 Å². The number of rotatable bonds is 4. The molecular formula is C16H24N2O2. The van der Waals surface area contributed by atoms with E-state index in [2.05, 4.69) is 5.32 Å². The zero-order chi connectivity index (χ0) is 15.3. The van der Waals surface area contributed by atoms with Crippen LogP contribution in [0.15, 0.2) is 24.3 Å². The third-order valence-electron chi connectivity index (χ3n) is 2.76. The van der Waals surface area contributed by atoms with E-state index >= 15 is 0 Å². The lowest BCUT2D eigenvalue weighted by Gasteiger charge is -2.24. The quantitative estimate of drug-likeness (QED) is 0.859. The Hall–Kier alpha value is -1.84. The van der Waals surface area contributed by atoms with Crippen molar-refractivity contribution in [2.75, 3.05) is 11.4 Å². The molecule has 0 fully saturated rings. The normalized spacial score (nSPS) is 11.1. The summed E-state index contributed by atoms with van der Waals surface area (Å²) in [5, 5.41) is 2.81. The maximum atomic E-state index is 12.2. The molecule has 4 heteroatoms. The van der Waals surface area contributed by atoms with E-state index < -0.39 is 0 Å². The first-order valence-corrected chi connectivity index (χ1v) is 6.91. The van der Waals surface area contributed by atoms with Crippen LogP contribution in [-0.4, -0.2) is 23.9 Å². The van der Waals surface area contributed by atoms with Crippen molar-refractivity contribution in [1.29, 1.82) is 0 Å². The first kappa shape index (κ1) is 16.2. The van der Waals surface area contributed by atoms with E-state index in [9.17, 15) is 9.59 Å². The molecule has 0 aliphatic heterocycles. The van der Waals surface area contributed by atoms with Crippen LogP contribution in [0.2, 0.25) is 0 Å². The summed E-state index contributed by atoms with van der Waals surface area (Å²) in [4.78, 5) is 25.7. The highest BCUT2D eigenvalue weighted by Gasteiger charge is 2.20. The predicted molar refractivity (Wildman–Crippen MR) is 81.7 cm³/mol. The number of aryl methyl sites for hydroxylation is 1. The second-order valence-electron chi connectivity index (χ2n) is 5.95. The molecule has 0 unspecified atom stereocenters. The van der Waals surface area contributed by atoms with E-state index in [4.69, 9.17) is 0 Å². The maximum absolute atomic E-state index is 12.2. The summed E-state index contributed by atoms with van der Waals surface area (Å²) in [6.07, 6.45) is -0.126. The van der Waals surface area contributed by atoms with Crippen LogP contribution in [0.1, 0.15) is 39.7 Å². The van der Waals surface area contributed by atoms with Gasteiger partial charge in [0.15, 0.2) is 0 Å². The van der Waals surface area contributed by atoms with Gasteiger partial charge in [-0.25, -0.2) is 0 Å². The van der Waals surface area contributed by atoms with Crippen molar-refractivity contribution >= 4 is 17.5 Å². The second-order valence-corrected chi connectivity index (χ2v) is 5.95. The van der Waals surface area contributed by atoms with E-state index in [1.807, 2.05) is 58.9 Å². The van der Waals surface area contributed by atoms with Crippen molar-refractivity contribution in [2.24, 2.45) is 0 Å². The minimum absolute atomic E-state index is 0.126. The third-order valence-corrected chi connectivity index (χ3v) is 2.76. The van der Waals surface area contributed by atoms with Crippen molar-refractivity contribution in [3.63, 3.8) is 0 Å². The van der Waals surface area contributed by atoms with Crippen LogP contribution in [0, 0.1) is 6.92 Å². The zero-order valence-electron chi connectivity index (χ0n) is 13.0. The third kappa shape index (κ3) is 5.03. The van der Waals surface area contributed by atoms with Gasteiger partial charge in [0.25, 0.3) is 0 Å². The summed E-state index contributed by atoms with van der Waals surface area (Å²) < 4.78 is 0. The molecule has 0 aromatic heterocycles. The Labute approximate surface area is 121 Å². The molecule has 0 heterocycles. The van der Waals surface area contributed by atoms with Gasteiger partial charge in [-0.1, -0.05) is 12.1 Å². The van der Waals surface area contributed by atoms with E-state index in [-0.39, 0.29) is 23.8 Å².